The molecule has 0 unspecified atom stereocenters. The second kappa shape index (κ2) is 7.83. The van der Waals surface area contributed by atoms with Crippen LogP contribution in [0.4, 0.5) is 0 Å². The normalized spacial score (nSPS) is 10.8. The number of hydrogen-bond donors (Lipinski definition) is 0. The number of nitrogens with zero attached hydrogens (tertiary/aromatic N) is 4. The smallest absolute Gasteiger partial charge is 0.192 e. The summed E-state index contributed by atoms with van der Waals surface area (Å²) < 4.78 is 2.02. The molecule has 0 saturated carbocycles. The number of allylic oxidation sites excluding steroid dienone is 1. The fourth-order valence-corrected chi connectivity index (χ4v) is 3.69. The monoisotopic (exact) mass is 376 g/mol. The minimum Gasteiger partial charge on any atom is -0.298 e. The molecule has 2 aromatic heterocycles. The highest BCUT2D eigenvalue weighted by molar-refractivity contribution is 7.98. The molecular weight excluding hydrogens is 363 g/mol. The maximum absolute atomic E-state index is 6.23. The van der Waals surface area contributed by atoms with Crippen LogP contribution in [0.5, 0.6) is 0 Å². The van der Waals surface area contributed by atoms with E-state index in [1.165, 1.54) is 0 Å². The number of halogens is 2. The van der Waals surface area contributed by atoms with Crippen molar-refractivity contribution in [2.24, 2.45) is 0 Å². The molecule has 3 rings (SSSR count). The van der Waals surface area contributed by atoms with Gasteiger partial charge in [-0.1, -0.05) is 47.1 Å². The van der Waals surface area contributed by atoms with E-state index in [4.69, 9.17) is 23.2 Å². The van der Waals surface area contributed by atoms with E-state index in [-0.39, 0.29) is 0 Å². The lowest BCUT2D eigenvalue weighted by atomic mass is 10.2. The van der Waals surface area contributed by atoms with Crippen molar-refractivity contribution >= 4 is 35.0 Å². The van der Waals surface area contributed by atoms with E-state index in [9.17, 15) is 0 Å². The third-order valence-electron chi connectivity index (χ3n) is 3.34. The summed E-state index contributed by atoms with van der Waals surface area (Å²) in [5, 5.41) is 10.7. The van der Waals surface area contributed by atoms with Gasteiger partial charge in [0.15, 0.2) is 11.0 Å². The first-order valence-corrected chi connectivity index (χ1v) is 8.94. The van der Waals surface area contributed by atoms with Gasteiger partial charge in [-0.25, -0.2) is 0 Å². The van der Waals surface area contributed by atoms with E-state index in [2.05, 4.69) is 21.8 Å². The molecule has 0 fully saturated rings. The van der Waals surface area contributed by atoms with Gasteiger partial charge in [-0.2, -0.15) is 0 Å². The van der Waals surface area contributed by atoms with Crippen LogP contribution in [0.3, 0.4) is 0 Å². The Kier molecular flexibility index (Phi) is 5.56. The molecule has 122 valence electrons. The zero-order valence-electron chi connectivity index (χ0n) is 12.7. The molecule has 0 amide bonds. The number of aromatic nitrogens is 4. The lowest BCUT2D eigenvalue weighted by Gasteiger charge is -2.08. The van der Waals surface area contributed by atoms with E-state index in [1.807, 2.05) is 34.9 Å². The van der Waals surface area contributed by atoms with Crippen molar-refractivity contribution in [3.05, 3.63) is 71.0 Å². The van der Waals surface area contributed by atoms with Crippen LogP contribution in [-0.4, -0.2) is 19.7 Å². The zero-order valence-corrected chi connectivity index (χ0v) is 15.0. The predicted molar refractivity (Wildman–Crippen MR) is 99.5 cm³/mol. The van der Waals surface area contributed by atoms with Crippen molar-refractivity contribution in [1.29, 1.82) is 0 Å². The first-order chi connectivity index (χ1) is 11.7. The van der Waals surface area contributed by atoms with Gasteiger partial charge in [0.1, 0.15) is 0 Å². The van der Waals surface area contributed by atoms with E-state index in [1.54, 1.807) is 30.2 Å². The largest absolute Gasteiger partial charge is 0.298 e. The molecule has 0 atom stereocenters. The zero-order chi connectivity index (χ0) is 16.9. The second-order valence-electron chi connectivity index (χ2n) is 4.97. The molecule has 0 bridgehead atoms. The van der Waals surface area contributed by atoms with Crippen LogP contribution >= 0.6 is 35.0 Å². The Morgan fingerprint density at radius 1 is 1.12 bits per heavy atom. The fraction of sp³-hybridized carbons (Fsp3) is 0.118. The van der Waals surface area contributed by atoms with Gasteiger partial charge in [-0.15, -0.1) is 16.8 Å². The van der Waals surface area contributed by atoms with E-state index < -0.39 is 0 Å². The predicted octanol–water partition coefficient (Wildman–Crippen LogP) is 5.13. The summed E-state index contributed by atoms with van der Waals surface area (Å²) >= 11 is 13.7. The highest BCUT2D eigenvalue weighted by Crippen LogP contribution is 2.29. The Morgan fingerprint density at radius 3 is 2.62 bits per heavy atom. The van der Waals surface area contributed by atoms with Gasteiger partial charge in [-0.3, -0.25) is 9.55 Å². The second-order valence-corrected chi connectivity index (χ2v) is 6.75. The standard InChI is InChI=1S/C17H14Cl2N4S/c1-2-9-23-16(12-5-7-20-8-6-12)21-22-17(23)24-11-13-3-4-14(18)10-15(13)19/h2-8,10H,1,9,11H2. The van der Waals surface area contributed by atoms with Crippen LogP contribution in [-0.2, 0) is 12.3 Å². The van der Waals surface area contributed by atoms with Crippen molar-refractivity contribution in [3.8, 4) is 11.4 Å². The van der Waals surface area contributed by atoms with E-state index in [0.29, 0.717) is 22.3 Å². The Hall–Kier alpha value is -1.82. The van der Waals surface area contributed by atoms with Crippen molar-refractivity contribution in [2.75, 3.05) is 0 Å². The molecule has 24 heavy (non-hydrogen) atoms. The van der Waals surface area contributed by atoms with Crippen molar-refractivity contribution < 1.29 is 0 Å². The van der Waals surface area contributed by atoms with Crippen LogP contribution in [0.1, 0.15) is 5.56 Å². The SMILES string of the molecule is C=CCn1c(SCc2ccc(Cl)cc2Cl)nnc1-c1ccncc1. The van der Waals surface area contributed by atoms with Crippen LogP contribution in [0.15, 0.2) is 60.5 Å². The van der Waals surface area contributed by atoms with E-state index in [0.717, 1.165) is 22.1 Å². The summed E-state index contributed by atoms with van der Waals surface area (Å²) in [6, 6.07) is 9.33. The maximum atomic E-state index is 6.23. The molecule has 7 heteroatoms. The third kappa shape index (κ3) is 3.80. The van der Waals surface area contributed by atoms with Crippen LogP contribution in [0.2, 0.25) is 10.0 Å². The third-order valence-corrected chi connectivity index (χ3v) is 4.94. The average molecular weight is 377 g/mol. The number of thioether (sulfide) groups is 1. The molecule has 3 aromatic rings. The quantitative estimate of drug-likeness (QED) is 0.442. The Balaban J connectivity index is 1.85. The molecule has 0 N–H and O–H groups in total. The summed E-state index contributed by atoms with van der Waals surface area (Å²) in [5.41, 5.74) is 1.97. The van der Waals surface area contributed by atoms with Gasteiger partial charge in [0.05, 0.1) is 0 Å². The number of rotatable bonds is 6. The first-order valence-electron chi connectivity index (χ1n) is 7.20. The fourth-order valence-electron chi connectivity index (χ4n) is 2.18. The molecule has 0 aliphatic heterocycles. The topological polar surface area (TPSA) is 43.6 Å². The van der Waals surface area contributed by atoms with Gasteiger partial charge in [0.25, 0.3) is 0 Å². The Morgan fingerprint density at radius 2 is 1.92 bits per heavy atom. The minimum absolute atomic E-state index is 0.626. The summed E-state index contributed by atoms with van der Waals surface area (Å²) in [6.45, 7) is 4.45. The number of pyridine rings is 1. The van der Waals surface area contributed by atoms with E-state index >= 15 is 0 Å². The molecule has 2 heterocycles. The average Bonchev–Trinajstić information content (AvgIpc) is 2.98. The molecular formula is C17H14Cl2N4S. The lowest BCUT2D eigenvalue weighted by molar-refractivity contribution is 0.731. The van der Waals surface area contributed by atoms with Gasteiger partial charge < -0.3 is 0 Å². The van der Waals surface area contributed by atoms with Crippen molar-refractivity contribution in [3.63, 3.8) is 0 Å². The minimum atomic E-state index is 0.626. The van der Waals surface area contributed by atoms with Gasteiger partial charge in [0, 0.05) is 40.3 Å². The maximum Gasteiger partial charge on any atom is 0.192 e. The molecule has 4 nitrogen and oxygen atoms in total. The molecule has 0 saturated heterocycles. The van der Waals surface area contributed by atoms with Crippen LogP contribution < -0.4 is 0 Å². The van der Waals surface area contributed by atoms with Gasteiger partial charge >= 0.3 is 0 Å². The number of hydrogen-bond acceptors (Lipinski definition) is 4. The Labute approximate surface area is 154 Å². The molecule has 0 aliphatic rings. The Bertz CT molecular complexity index is 849. The van der Waals surface area contributed by atoms with Gasteiger partial charge in [0.2, 0.25) is 0 Å². The van der Waals surface area contributed by atoms with Crippen molar-refractivity contribution in [1.82, 2.24) is 19.7 Å². The molecule has 0 radical (unpaired) electrons. The lowest BCUT2D eigenvalue weighted by Crippen LogP contribution is -2.00. The molecule has 0 aliphatic carbocycles. The van der Waals surface area contributed by atoms with Crippen molar-refractivity contribution in [2.45, 2.75) is 17.5 Å². The number of benzene rings is 1. The summed E-state index contributed by atoms with van der Waals surface area (Å²) in [6.07, 6.45) is 5.30. The molecule has 0 spiro atoms. The summed E-state index contributed by atoms with van der Waals surface area (Å²) in [5.74, 6) is 1.48. The highest BCUT2D eigenvalue weighted by atomic mass is 35.5. The van der Waals surface area contributed by atoms with Gasteiger partial charge in [-0.05, 0) is 29.8 Å². The van der Waals surface area contributed by atoms with Crippen LogP contribution in [0, 0.1) is 0 Å². The highest BCUT2D eigenvalue weighted by Gasteiger charge is 2.14. The first kappa shape index (κ1) is 17.0. The van der Waals surface area contributed by atoms with Crippen LogP contribution in [0.25, 0.3) is 11.4 Å². The molecule has 1 aromatic carbocycles. The summed E-state index contributed by atoms with van der Waals surface area (Å²) in [7, 11) is 0. The summed E-state index contributed by atoms with van der Waals surface area (Å²) in [4.78, 5) is 4.04.